The zero-order valence-corrected chi connectivity index (χ0v) is 23.5. The Kier molecular flexibility index (Phi) is 6.93. The first kappa shape index (κ1) is 26.0. The molecule has 2 aliphatic heterocycles. The Balaban J connectivity index is 1.15. The molecule has 208 valence electrons. The summed E-state index contributed by atoms with van der Waals surface area (Å²) >= 11 is 0. The number of nitrogens with one attached hydrogen (secondary N) is 2. The van der Waals surface area contributed by atoms with Crippen molar-refractivity contribution in [2.75, 3.05) is 30.4 Å². The van der Waals surface area contributed by atoms with E-state index in [9.17, 15) is 4.79 Å². The fourth-order valence-electron chi connectivity index (χ4n) is 5.63. The lowest BCUT2D eigenvalue weighted by atomic mass is 9.91. The molecule has 39 heavy (non-hydrogen) atoms. The van der Waals surface area contributed by atoms with Crippen LogP contribution >= 0.6 is 0 Å². The van der Waals surface area contributed by atoms with Gasteiger partial charge in [-0.15, -0.1) is 0 Å². The maximum atomic E-state index is 12.2. The third-order valence-corrected chi connectivity index (χ3v) is 8.09. The Morgan fingerprint density at radius 2 is 1.79 bits per heavy atom. The van der Waals surface area contributed by atoms with Crippen LogP contribution in [0.4, 0.5) is 17.5 Å². The third-order valence-electron chi connectivity index (χ3n) is 8.09. The highest BCUT2D eigenvalue weighted by molar-refractivity contribution is 5.93. The molecule has 0 spiro atoms. The average molecular weight is 533 g/mol. The van der Waals surface area contributed by atoms with Crippen molar-refractivity contribution in [3.63, 3.8) is 0 Å². The summed E-state index contributed by atoms with van der Waals surface area (Å²) in [5.41, 5.74) is 3.54. The van der Waals surface area contributed by atoms with Crippen molar-refractivity contribution in [2.45, 2.75) is 84.0 Å². The van der Waals surface area contributed by atoms with E-state index < -0.39 is 0 Å². The van der Waals surface area contributed by atoms with Gasteiger partial charge in [-0.25, -0.2) is 4.98 Å². The first-order valence-corrected chi connectivity index (χ1v) is 14.3. The van der Waals surface area contributed by atoms with E-state index in [4.69, 9.17) is 14.9 Å². The van der Waals surface area contributed by atoms with E-state index in [1.165, 1.54) is 11.4 Å². The first-order valence-electron chi connectivity index (χ1n) is 14.3. The lowest BCUT2D eigenvalue weighted by Gasteiger charge is -2.33. The number of fused-ring (bicyclic) bond motifs is 1. The number of ether oxygens (including phenoxy) is 1. The number of hydrogen-bond donors (Lipinski definition) is 2. The Hall–Kier alpha value is -3.24. The monoisotopic (exact) mass is 532 g/mol. The summed E-state index contributed by atoms with van der Waals surface area (Å²) in [5.74, 6) is 2.55. The molecule has 5 heterocycles. The highest BCUT2D eigenvalue weighted by Crippen LogP contribution is 2.34. The van der Waals surface area contributed by atoms with Gasteiger partial charge in [0.25, 0.3) is 0 Å². The number of amides is 1. The Morgan fingerprint density at radius 3 is 2.54 bits per heavy atom. The molecule has 0 unspecified atom stereocenters. The normalized spacial score (nSPS) is 20.6. The van der Waals surface area contributed by atoms with Crippen molar-refractivity contribution >= 4 is 23.4 Å². The average Bonchev–Trinajstić information content (AvgIpc) is 3.55. The van der Waals surface area contributed by atoms with E-state index in [1.807, 2.05) is 12.1 Å². The first-order chi connectivity index (χ1) is 18.7. The van der Waals surface area contributed by atoms with Crippen LogP contribution in [0, 0.1) is 5.92 Å². The SMILES string of the molecule is C[C@H]1c2cc(Nc3cc(C(C)(C)C)n(C4CCOCC4)n3)nn2CCN1Cc1ccnc(NC(=O)C2CC2)c1. The summed E-state index contributed by atoms with van der Waals surface area (Å²) in [4.78, 5) is 19.0. The summed E-state index contributed by atoms with van der Waals surface area (Å²) < 4.78 is 9.91. The molecule has 6 rings (SSSR count). The molecular weight excluding hydrogens is 492 g/mol. The molecule has 1 saturated heterocycles. The second kappa shape index (κ2) is 10.4. The quantitative estimate of drug-likeness (QED) is 0.451. The Morgan fingerprint density at radius 1 is 1.03 bits per heavy atom. The zero-order chi connectivity index (χ0) is 27.1. The van der Waals surface area contributed by atoms with Gasteiger partial charge in [0.15, 0.2) is 11.6 Å². The Bertz CT molecular complexity index is 1330. The molecule has 3 aromatic heterocycles. The molecule has 3 aromatic rings. The second-order valence-corrected chi connectivity index (χ2v) is 12.2. The van der Waals surface area contributed by atoms with Gasteiger partial charge in [-0.1, -0.05) is 20.8 Å². The molecular formula is C29H40N8O2. The van der Waals surface area contributed by atoms with Crippen molar-refractivity contribution in [1.29, 1.82) is 0 Å². The van der Waals surface area contributed by atoms with Gasteiger partial charge in [0, 0.05) is 67.7 Å². The van der Waals surface area contributed by atoms with Crippen LogP contribution in [-0.2, 0) is 28.0 Å². The number of hydrogen-bond acceptors (Lipinski definition) is 7. The van der Waals surface area contributed by atoms with Gasteiger partial charge in [0.1, 0.15) is 5.82 Å². The van der Waals surface area contributed by atoms with Crippen LogP contribution in [0.1, 0.15) is 82.4 Å². The van der Waals surface area contributed by atoms with Crippen LogP contribution in [0.25, 0.3) is 0 Å². The van der Waals surface area contributed by atoms with E-state index in [1.54, 1.807) is 6.20 Å². The lowest BCUT2D eigenvalue weighted by molar-refractivity contribution is -0.117. The van der Waals surface area contributed by atoms with E-state index in [0.717, 1.165) is 75.7 Å². The van der Waals surface area contributed by atoms with Gasteiger partial charge in [-0.2, -0.15) is 10.2 Å². The minimum Gasteiger partial charge on any atom is -0.381 e. The van der Waals surface area contributed by atoms with Crippen LogP contribution in [-0.4, -0.2) is 55.1 Å². The fourth-order valence-corrected chi connectivity index (χ4v) is 5.63. The fraction of sp³-hybridized carbons (Fsp3) is 0.586. The van der Waals surface area contributed by atoms with Gasteiger partial charge in [-0.3, -0.25) is 19.1 Å². The molecule has 1 amide bonds. The van der Waals surface area contributed by atoms with Crippen molar-refractivity contribution in [2.24, 2.45) is 5.92 Å². The van der Waals surface area contributed by atoms with Crippen molar-refractivity contribution in [3.8, 4) is 0 Å². The van der Waals surface area contributed by atoms with Crippen LogP contribution in [0.2, 0.25) is 0 Å². The molecule has 0 bridgehead atoms. The second-order valence-electron chi connectivity index (χ2n) is 12.2. The molecule has 3 aliphatic rings. The number of nitrogens with zero attached hydrogens (tertiary/aromatic N) is 6. The molecule has 10 nitrogen and oxygen atoms in total. The number of rotatable bonds is 7. The molecule has 0 radical (unpaired) electrons. The zero-order valence-electron chi connectivity index (χ0n) is 23.5. The van der Waals surface area contributed by atoms with Gasteiger partial charge in [0.05, 0.1) is 18.3 Å². The number of pyridine rings is 1. The van der Waals surface area contributed by atoms with Crippen LogP contribution < -0.4 is 10.6 Å². The maximum absolute atomic E-state index is 12.2. The topological polar surface area (TPSA) is 102 Å². The number of anilines is 3. The van der Waals surface area contributed by atoms with E-state index in [0.29, 0.717) is 11.9 Å². The van der Waals surface area contributed by atoms with E-state index >= 15 is 0 Å². The molecule has 1 aliphatic carbocycles. The summed E-state index contributed by atoms with van der Waals surface area (Å²) in [5, 5.41) is 16.3. The summed E-state index contributed by atoms with van der Waals surface area (Å²) in [7, 11) is 0. The highest BCUT2D eigenvalue weighted by Gasteiger charge is 2.31. The number of carbonyl (C=O) groups is 1. The third kappa shape index (κ3) is 5.72. The number of aromatic nitrogens is 5. The maximum Gasteiger partial charge on any atom is 0.228 e. The predicted molar refractivity (Wildman–Crippen MR) is 150 cm³/mol. The van der Waals surface area contributed by atoms with Gasteiger partial charge in [0.2, 0.25) is 5.91 Å². The van der Waals surface area contributed by atoms with Crippen LogP contribution in [0.15, 0.2) is 30.5 Å². The van der Waals surface area contributed by atoms with Crippen LogP contribution in [0.3, 0.4) is 0 Å². The van der Waals surface area contributed by atoms with Gasteiger partial charge >= 0.3 is 0 Å². The lowest BCUT2D eigenvalue weighted by Crippen LogP contribution is -2.36. The molecule has 2 fully saturated rings. The molecule has 2 N–H and O–H groups in total. The summed E-state index contributed by atoms with van der Waals surface area (Å²) in [6.07, 6.45) is 5.72. The molecule has 10 heteroatoms. The number of carbonyl (C=O) groups excluding carboxylic acids is 1. The molecule has 1 saturated carbocycles. The van der Waals surface area contributed by atoms with Crippen molar-refractivity contribution in [1.82, 2.24) is 29.4 Å². The summed E-state index contributed by atoms with van der Waals surface area (Å²) in [6, 6.07) is 8.90. The highest BCUT2D eigenvalue weighted by atomic mass is 16.5. The van der Waals surface area contributed by atoms with Crippen LogP contribution in [0.5, 0.6) is 0 Å². The van der Waals surface area contributed by atoms with Crippen molar-refractivity contribution < 1.29 is 9.53 Å². The van der Waals surface area contributed by atoms with Gasteiger partial charge < -0.3 is 15.4 Å². The van der Waals surface area contributed by atoms with Crippen molar-refractivity contribution in [3.05, 3.63) is 47.4 Å². The Labute approximate surface area is 230 Å². The summed E-state index contributed by atoms with van der Waals surface area (Å²) in [6.45, 7) is 13.0. The van der Waals surface area contributed by atoms with E-state index in [-0.39, 0.29) is 23.3 Å². The predicted octanol–water partition coefficient (Wildman–Crippen LogP) is 4.79. The molecule has 0 aromatic carbocycles. The minimum atomic E-state index is -0.0127. The smallest absolute Gasteiger partial charge is 0.228 e. The molecule has 1 atom stereocenters. The minimum absolute atomic E-state index is 0.0127. The standard InChI is InChI=1S/C29H40N8O2/c1-19-23-16-26(31-27-17-24(29(2,3)4)37(34-27)22-8-13-39-14-9-22)33-36(23)12-11-35(19)18-20-7-10-30-25(15-20)32-28(38)21-5-6-21/h7,10,15-17,19,21-22H,5-6,8-9,11-14,18H2,1-4H3,(H,30,32,38)(H,31,33,34)/t19-/m0/s1. The van der Waals surface area contributed by atoms with E-state index in [2.05, 4.69) is 69.7 Å². The largest absolute Gasteiger partial charge is 0.381 e. The van der Waals surface area contributed by atoms with Gasteiger partial charge in [-0.05, 0) is 50.3 Å².